The molecule has 1 N–H and O–H groups in total. The van der Waals surface area contributed by atoms with Crippen molar-refractivity contribution in [1.29, 1.82) is 0 Å². The fraction of sp³-hybridized carbons (Fsp3) is 0.263. The highest BCUT2D eigenvalue weighted by Crippen LogP contribution is 2.15. The van der Waals surface area contributed by atoms with E-state index in [1.807, 2.05) is 6.07 Å². The molecular weight excluding hydrogens is 322 g/mol. The minimum absolute atomic E-state index is 0.309. The van der Waals surface area contributed by atoms with Gasteiger partial charge in [0.15, 0.2) is 0 Å². The molecule has 0 unspecified atom stereocenters. The summed E-state index contributed by atoms with van der Waals surface area (Å²) in [4.78, 5) is 23.3. The molecule has 1 amide bonds. The van der Waals surface area contributed by atoms with Crippen LogP contribution in [0.3, 0.4) is 0 Å². The van der Waals surface area contributed by atoms with Gasteiger partial charge in [0.1, 0.15) is 17.1 Å². The summed E-state index contributed by atoms with van der Waals surface area (Å²) in [6.45, 7) is 5.71. The van der Waals surface area contributed by atoms with Crippen molar-refractivity contribution < 1.29 is 23.8 Å². The van der Waals surface area contributed by atoms with Crippen LogP contribution in [0.1, 0.15) is 26.3 Å². The van der Waals surface area contributed by atoms with Gasteiger partial charge in [0.25, 0.3) is 0 Å². The first kappa shape index (κ1) is 18.3. The van der Waals surface area contributed by atoms with E-state index in [2.05, 4.69) is 5.32 Å². The number of carbonyl (C=O) groups is 2. The van der Waals surface area contributed by atoms with Gasteiger partial charge < -0.3 is 19.5 Å². The summed E-state index contributed by atoms with van der Waals surface area (Å²) < 4.78 is 15.3. The van der Waals surface area contributed by atoms with E-state index in [0.717, 1.165) is 5.56 Å². The molecule has 0 radical (unpaired) electrons. The molecule has 2 aromatic carbocycles. The quantitative estimate of drug-likeness (QED) is 0.662. The number of nitrogens with one attached hydrogen (secondary N) is 1. The maximum absolute atomic E-state index is 11.7. The Balaban J connectivity index is 1.81. The molecule has 0 bridgehead atoms. The van der Waals surface area contributed by atoms with Gasteiger partial charge in [-0.1, -0.05) is 30.3 Å². The van der Waals surface area contributed by atoms with Crippen LogP contribution in [-0.4, -0.2) is 17.8 Å². The summed E-state index contributed by atoms with van der Waals surface area (Å²) in [6.07, 6.45) is -1.30. The van der Waals surface area contributed by atoms with Crippen molar-refractivity contribution in [2.45, 2.75) is 32.9 Å². The Kier molecular flexibility index (Phi) is 6.00. The molecule has 2 aromatic rings. The predicted molar refractivity (Wildman–Crippen MR) is 92.6 cm³/mol. The van der Waals surface area contributed by atoms with E-state index in [-0.39, 0.29) is 0 Å². The standard InChI is InChI=1S/C19H21NO5/c1-19(2,3)25-17(21)20-13-14-9-11-16(12-10-14)24-18(22)23-15-7-5-4-6-8-15/h4-12H,13H2,1-3H3,(H,20,21). The Morgan fingerprint density at radius 3 is 2.00 bits per heavy atom. The summed E-state index contributed by atoms with van der Waals surface area (Å²) in [6, 6.07) is 15.4. The zero-order chi connectivity index (χ0) is 18.3. The van der Waals surface area contributed by atoms with Gasteiger partial charge >= 0.3 is 12.2 Å². The molecule has 0 heterocycles. The maximum atomic E-state index is 11.7. The molecule has 0 saturated heterocycles. The number of carbonyl (C=O) groups excluding carboxylic acids is 2. The van der Waals surface area contributed by atoms with E-state index in [1.165, 1.54) is 0 Å². The summed E-state index contributed by atoms with van der Waals surface area (Å²) in [7, 11) is 0. The molecule has 0 spiro atoms. The molecule has 2 rings (SSSR count). The van der Waals surface area contributed by atoms with Crippen molar-refractivity contribution in [1.82, 2.24) is 5.32 Å². The Bertz CT molecular complexity index is 705. The summed E-state index contributed by atoms with van der Waals surface area (Å²) >= 11 is 0. The molecule has 25 heavy (non-hydrogen) atoms. The lowest BCUT2D eigenvalue weighted by Gasteiger charge is -2.19. The van der Waals surface area contributed by atoms with E-state index >= 15 is 0 Å². The van der Waals surface area contributed by atoms with Crippen LogP contribution in [0.15, 0.2) is 54.6 Å². The van der Waals surface area contributed by atoms with Crippen LogP contribution in [0.5, 0.6) is 11.5 Å². The van der Waals surface area contributed by atoms with Gasteiger partial charge in [-0.2, -0.15) is 0 Å². The third kappa shape index (κ3) is 6.95. The molecule has 6 nitrogen and oxygen atoms in total. The first-order chi connectivity index (χ1) is 11.8. The molecule has 0 aliphatic heterocycles. The molecule has 6 heteroatoms. The third-order valence-electron chi connectivity index (χ3n) is 2.90. The number of ether oxygens (including phenoxy) is 3. The van der Waals surface area contributed by atoms with Crippen LogP contribution in [-0.2, 0) is 11.3 Å². The van der Waals surface area contributed by atoms with Crippen LogP contribution in [0.25, 0.3) is 0 Å². The Labute approximate surface area is 146 Å². The summed E-state index contributed by atoms with van der Waals surface area (Å²) in [5.41, 5.74) is 0.301. The SMILES string of the molecule is CC(C)(C)OC(=O)NCc1ccc(OC(=O)Oc2ccccc2)cc1. The topological polar surface area (TPSA) is 73.9 Å². The number of rotatable bonds is 4. The average molecular weight is 343 g/mol. The monoisotopic (exact) mass is 343 g/mol. The average Bonchev–Trinajstić information content (AvgIpc) is 2.53. The minimum Gasteiger partial charge on any atom is -0.444 e. The fourth-order valence-electron chi connectivity index (χ4n) is 1.87. The van der Waals surface area contributed by atoms with Gasteiger partial charge in [-0.05, 0) is 50.6 Å². The number of hydrogen-bond donors (Lipinski definition) is 1. The van der Waals surface area contributed by atoms with E-state index in [0.29, 0.717) is 18.0 Å². The molecule has 0 atom stereocenters. The molecule has 132 valence electrons. The molecule has 0 aromatic heterocycles. The summed E-state index contributed by atoms with van der Waals surface area (Å²) in [5.74, 6) is 0.757. The first-order valence-electron chi connectivity index (χ1n) is 7.82. The van der Waals surface area contributed by atoms with E-state index in [9.17, 15) is 9.59 Å². The number of amides is 1. The van der Waals surface area contributed by atoms with Crippen LogP contribution in [0.2, 0.25) is 0 Å². The number of para-hydroxylation sites is 1. The van der Waals surface area contributed by atoms with Crippen molar-refractivity contribution in [2.24, 2.45) is 0 Å². The summed E-state index contributed by atoms with van der Waals surface area (Å²) in [5, 5.41) is 2.65. The predicted octanol–water partition coefficient (Wildman–Crippen LogP) is 4.29. The second-order valence-electron chi connectivity index (χ2n) is 6.27. The second-order valence-corrected chi connectivity index (χ2v) is 6.27. The Hall–Kier alpha value is -3.02. The third-order valence-corrected chi connectivity index (χ3v) is 2.90. The van der Waals surface area contributed by atoms with Gasteiger partial charge in [0, 0.05) is 6.54 Å². The van der Waals surface area contributed by atoms with E-state index < -0.39 is 17.8 Å². The van der Waals surface area contributed by atoms with Gasteiger partial charge in [0.2, 0.25) is 0 Å². The highest BCUT2D eigenvalue weighted by molar-refractivity contribution is 5.68. The maximum Gasteiger partial charge on any atom is 0.519 e. The number of benzene rings is 2. The number of alkyl carbamates (subject to hydrolysis) is 1. The molecule has 0 aliphatic rings. The molecular formula is C19H21NO5. The zero-order valence-corrected chi connectivity index (χ0v) is 14.4. The highest BCUT2D eigenvalue weighted by Gasteiger charge is 2.15. The molecule has 0 fully saturated rings. The smallest absolute Gasteiger partial charge is 0.444 e. The van der Waals surface area contributed by atoms with Crippen molar-refractivity contribution in [3.63, 3.8) is 0 Å². The largest absolute Gasteiger partial charge is 0.519 e. The fourth-order valence-corrected chi connectivity index (χ4v) is 1.87. The van der Waals surface area contributed by atoms with Gasteiger partial charge in [-0.3, -0.25) is 0 Å². The molecule has 0 aliphatic carbocycles. The normalized spacial score (nSPS) is 10.7. The first-order valence-corrected chi connectivity index (χ1v) is 7.82. The van der Waals surface area contributed by atoms with Crippen molar-refractivity contribution in [2.75, 3.05) is 0 Å². The highest BCUT2D eigenvalue weighted by atomic mass is 16.7. The zero-order valence-electron chi connectivity index (χ0n) is 14.4. The van der Waals surface area contributed by atoms with Crippen LogP contribution >= 0.6 is 0 Å². The van der Waals surface area contributed by atoms with Crippen molar-refractivity contribution >= 4 is 12.2 Å². The van der Waals surface area contributed by atoms with Gasteiger partial charge in [-0.25, -0.2) is 9.59 Å². The minimum atomic E-state index is -0.814. The molecule has 0 saturated carbocycles. The van der Waals surface area contributed by atoms with Gasteiger partial charge in [-0.15, -0.1) is 0 Å². The van der Waals surface area contributed by atoms with Crippen LogP contribution in [0, 0.1) is 0 Å². The van der Waals surface area contributed by atoms with Gasteiger partial charge in [0.05, 0.1) is 0 Å². The van der Waals surface area contributed by atoms with Crippen LogP contribution < -0.4 is 14.8 Å². The van der Waals surface area contributed by atoms with Crippen molar-refractivity contribution in [3.05, 3.63) is 60.2 Å². The number of hydrogen-bond acceptors (Lipinski definition) is 5. The Morgan fingerprint density at radius 1 is 0.880 bits per heavy atom. The second kappa shape index (κ2) is 8.19. The lowest BCUT2D eigenvalue weighted by Crippen LogP contribution is -2.32. The van der Waals surface area contributed by atoms with E-state index in [4.69, 9.17) is 14.2 Å². The van der Waals surface area contributed by atoms with Crippen molar-refractivity contribution in [3.8, 4) is 11.5 Å². The van der Waals surface area contributed by atoms with E-state index in [1.54, 1.807) is 69.3 Å². The lowest BCUT2D eigenvalue weighted by atomic mass is 10.2. The Morgan fingerprint density at radius 2 is 1.44 bits per heavy atom. The van der Waals surface area contributed by atoms with Crippen LogP contribution in [0.4, 0.5) is 9.59 Å². The lowest BCUT2D eigenvalue weighted by molar-refractivity contribution is 0.0523.